The lowest BCUT2D eigenvalue weighted by Crippen LogP contribution is -2.04. The molecule has 2 rings (SSSR count). The zero-order valence-electron chi connectivity index (χ0n) is 10.9. The Morgan fingerprint density at radius 2 is 1.78 bits per heavy atom. The van der Waals surface area contributed by atoms with Crippen molar-refractivity contribution in [3.8, 4) is 0 Å². The van der Waals surface area contributed by atoms with E-state index < -0.39 is 5.97 Å². The van der Waals surface area contributed by atoms with Gasteiger partial charge >= 0.3 is 5.97 Å². The average molecular weight is 244 g/mol. The summed E-state index contributed by atoms with van der Waals surface area (Å²) in [7, 11) is 0. The maximum Gasteiger partial charge on any atom is 0.328 e. The number of allylic oxidation sites excluding steroid dienone is 1. The van der Waals surface area contributed by atoms with Crippen LogP contribution in [0.4, 0.5) is 0 Å². The molecule has 0 saturated heterocycles. The Hall–Kier alpha value is -1.57. The molecule has 1 fully saturated rings. The van der Waals surface area contributed by atoms with Crippen molar-refractivity contribution in [2.45, 2.75) is 44.9 Å². The number of hydrogen-bond acceptors (Lipinski definition) is 1. The number of rotatable bonds is 3. The van der Waals surface area contributed by atoms with Crippen LogP contribution in [0, 0.1) is 0 Å². The SMILES string of the molecule is CC(=CC(=O)O)c1ccc(C2CCCCC2)cc1. The standard InChI is InChI=1S/C16H20O2/c1-12(11-16(17)18)13-7-9-15(10-8-13)14-5-3-2-4-6-14/h7-11,14H,2-6H2,1H3,(H,17,18). The first-order valence-corrected chi connectivity index (χ1v) is 6.68. The fraction of sp³-hybridized carbons (Fsp3) is 0.438. The summed E-state index contributed by atoms with van der Waals surface area (Å²) in [6, 6.07) is 8.40. The second-order valence-corrected chi connectivity index (χ2v) is 5.12. The van der Waals surface area contributed by atoms with Gasteiger partial charge in [0.2, 0.25) is 0 Å². The Morgan fingerprint density at radius 3 is 2.33 bits per heavy atom. The Kier molecular flexibility index (Phi) is 4.19. The molecule has 0 amide bonds. The molecule has 0 heterocycles. The monoisotopic (exact) mass is 244 g/mol. The molecule has 1 aliphatic rings. The summed E-state index contributed by atoms with van der Waals surface area (Å²) in [6.07, 6.45) is 7.89. The van der Waals surface area contributed by atoms with Crippen LogP contribution in [0.1, 0.15) is 56.1 Å². The number of carbonyl (C=O) groups is 1. The number of hydrogen-bond donors (Lipinski definition) is 1. The maximum absolute atomic E-state index is 10.6. The molecule has 18 heavy (non-hydrogen) atoms. The number of carboxylic acids is 1. The van der Waals surface area contributed by atoms with Gasteiger partial charge in [0.15, 0.2) is 0 Å². The third-order valence-electron chi connectivity index (χ3n) is 3.78. The smallest absolute Gasteiger partial charge is 0.328 e. The molecule has 0 bridgehead atoms. The Balaban J connectivity index is 2.12. The molecule has 2 nitrogen and oxygen atoms in total. The predicted molar refractivity (Wildman–Crippen MR) is 73.6 cm³/mol. The zero-order valence-corrected chi connectivity index (χ0v) is 10.9. The number of carboxylic acid groups (broad SMARTS) is 1. The highest BCUT2D eigenvalue weighted by Crippen LogP contribution is 2.32. The molecule has 1 saturated carbocycles. The van der Waals surface area contributed by atoms with Crippen LogP contribution in [0.25, 0.3) is 5.57 Å². The van der Waals surface area contributed by atoms with E-state index in [0.717, 1.165) is 11.1 Å². The van der Waals surface area contributed by atoms with Crippen molar-refractivity contribution in [3.63, 3.8) is 0 Å². The second kappa shape index (κ2) is 5.85. The molecule has 0 unspecified atom stereocenters. The largest absolute Gasteiger partial charge is 0.478 e. The van der Waals surface area contributed by atoms with Gasteiger partial charge in [0.05, 0.1) is 0 Å². The molecule has 2 heteroatoms. The summed E-state index contributed by atoms with van der Waals surface area (Å²) in [6.45, 7) is 1.84. The third kappa shape index (κ3) is 3.22. The van der Waals surface area contributed by atoms with Crippen molar-refractivity contribution in [1.29, 1.82) is 0 Å². The minimum absolute atomic E-state index is 0.705. The van der Waals surface area contributed by atoms with E-state index in [0.29, 0.717) is 5.92 Å². The molecule has 0 spiro atoms. The molecule has 1 aromatic carbocycles. The summed E-state index contributed by atoms with van der Waals surface area (Å²) in [5.74, 6) is -0.180. The lowest BCUT2D eigenvalue weighted by molar-refractivity contribution is -0.131. The van der Waals surface area contributed by atoms with Crippen LogP contribution in [0.3, 0.4) is 0 Å². The van der Waals surface area contributed by atoms with Gasteiger partial charge in [0.25, 0.3) is 0 Å². The van der Waals surface area contributed by atoms with Crippen LogP contribution >= 0.6 is 0 Å². The molecule has 0 atom stereocenters. The normalized spacial score (nSPS) is 17.7. The molecular formula is C16H20O2. The van der Waals surface area contributed by atoms with E-state index in [1.54, 1.807) is 0 Å². The van der Waals surface area contributed by atoms with Gasteiger partial charge in [-0.05, 0) is 42.4 Å². The number of aliphatic carboxylic acids is 1. The Bertz CT molecular complexity index is 437. The van der Waals surface area contributed by atoms with Gasteiger partial charge in [0.1, 0.15) is 0 Å². The van der Waals surface area contributed by atoms with Crippen molar-refractivity contribution < 1.29 is 9.90 Å². The lowest BCUT2D eigenvalue weighted by atomic mass is 9.84. The van der Waals surface area contributed by atoms with Gasteiger partial charge in [-0.1, -0.05) is 43.5 Å². The van der Waals surface area contributed by atoms with Crippen molar-refractivity contribution in [3.05, 3.63) is 41.5 Å². The summed E-state index contributed by atoms with van der Waals surface area (Å²) >= 11 is 0. The van der Waals surface area contributed by atoms with Crippen LogP contribution in [-0.4, -0.2) is 11.1 Å². The van der Waals surface area contributed by atoms with Crippen LogP contribution in [0.5, 0.6) is 0 Å². The number of benzene rings is 1. The first kappa shape index (κ1) is 12.9. The van der Waals surface area contributed by atoms with Crippen molar-refractivity contribution >= 4 is 11.5 Å². The summed E-state index contributed by atoms with van der Waals surface area (Å²) in [4.78, 5) is 10.6. The van der Waals surface area contributed by atoms with E-state index in [1.807, 2.05) is 19.1 Å². The van der Waals surface area contributed by atoms with Crippen molar-refractivity contribution in [2.24, 2.45) is 0 Å². The zero-order chi connectivity index (χ0) is 13.0. The summed E-state index contributed by atoms with van der Waals surface area (Å²) < 4.78 is 0. The van der Waals surface area contributed by atoms with Crippen molar-refractivity contribution in [2.75, 3.05) is 0 Å². The van der Waals surface area contributed by atoms with Gasteiger partial charge in [-0.3, -0.25) is 0 Å². The predicted octanol–water partition coefficient (Wildman–Crippen LogP) is 4.22. The summed E-state index contributed by atoms with van der Waals surface area (Å²) in [5.41, 5.74) is 3.20. The van der Waals surface area contributed by atoms with E-state index in [2.05, 4.69) is 12.1 Å². The van der Waals surface area contributed by atoms with Crippen LogP contribution in [-0.2, 0) is 4.79 Å². The molecule has 1 N–H and O–H groups in total. The van der Waals surface area contributed by atoms with Gasteiger partial charge in [-0.15, -0.1) is 0 Å². The average Bonchev–Trinajstić information content (AvgIpc) is 2.39. The molecule has 0 aliphatic heterocycles. The highest BCUT2D eigenvalue weighted by molar-refractivity contribution is 5.89. The van der Waals surface area contributed by atoms with Gasteiger partial charge < -0.3 is 5.11 Å². The molecule has 1 aromatic rings. The highest BCUT2D eigenvalue weighted by atomic mass is 16.4. The van der Waals surface area contributed by atoms with Crippen molar-refractivity contribution in [1.82, 2.24) is 0 Å². The molecule has 96 valence electrons. The molecule has 0 radical (unpaired) electrons. The molecule has 1 aliphatic carbocycles. The highest BCUT2D eigenvalue weighted by Gasteiger charge is 2.15. The van der Waals surface area contributed by atoms with E-state index >= 15 is 0 Å². The van der Waals surface area contributed by atoms with Gasteiger partial charge in [-0.2, -0.15) is 0 Å². The quantitative estimate of drug-likeness (QED) is 0.808. The second-order valence-electron chi connectivity index (χ2n) is 5.12. The minimum Gasteiger partial charge on any atom is -0.478 e. The van der Waals surface area contributed by atoms with Gasteiger partial charge in [-0.25, -0.2) is 4.79 Å². The first-order valence-electron chi connectivity index (χ1n) is 6.68. The van der Waals surface area contributed by atoms with E-state index in [1.165, 1.54) is 43.7 Å². The molecule has 0 aromatic heterocycles. The van der Waals surface area contributed by atoms with E-state index in [9.17, 15) is 4.79 Å². The summed E-state index contributed by atoms with van der Waals surface area (Å²) in [5, 5.41) is 8.73. The first-order chi connectivity index (χ1) is 8.66. The van der Waals surface area contributed by atoms with E-state index in [4.69, 9.17) is 5.11 Å². The van der Waals surface area contributed by atoms with Crippen LogP contribution < -0.4 is 0 Å². The van der Waals surface area contributed by atoms with Crippen LogP contribution in [0.2, 0.25) is 0 Å². The van der Waals surface area contributed by atoms with Crippen LogP contribution in [0.15, 0.2) is 30.3 Å². The molecular weight excluding hydrogens is 224 g/mol. The topological polar surface area (TPSA) is 37.3 Å². The maximum atomic E-state index is 10.6. The fourth-order valence-corrected chi connectivity index (χ4v) is 2.72. The van der Waals surface area contributed by atoms with E-state index in [-0.39, 0.29) is 0 Å². The third-order valence-corrected chi connectivity index (χ3v) is 3.78. The minimum atomic E-state index is -0.885. The Labute approximate surface area is 108 Å². The van der Waals surface area contributed by atoms with Gasteiger partial charge in [0, 0.05) is 6.08 Å². The Morgan fingerprint density at radius 1 is 1.17 bits per heavy atom. The lowest BCUT2D eigenvalue weighted by Gasteiger charge is -2.22. The fourth-order valence-electron chi connectivity index (χ4n) is 2.72.